The molecule has 0 spiro atoms. The molecule has 0 radical (unpaired) electrons. The van der Waals surface area contributed by atoms with Gasteiger partial charge in [-0.05, 0) is 44.1 Å². The van der Waals surface area contributed by atoms with Crippen LogP contribution in [0.4, 0.5) is 5.95 Å². The van der Waals surface area contributed by atoms with E-state index in [-0.39, 0.29) is 18.0 Å². The van der Waals surface area contributed by atoms with Crippen molar-refractivity contribution in [3.05, 3.63) is 56.4 Å². The smallest absolute Gasteiger partial charge is 0.355 e. The summed E-state index contributed by atoms with van der Waals surface area (Å²) >= 11 is 0. The fraction of sp³-hybridized carbons (Fsp3) is 0.526. The zero-order chi connectivity index (χ0) is 18.1. The van der Waals surface area contributed by atoms with Crippen molar-refractivity contribution in [3.8, 4) is 0 Å². The molecule has 1 aromatic heterocycles. The fourth-order valence-electron chi connectivity index (χ4n) is 3.67. The van der Waals surface area contributed by atoms with Gasteiger partial charge in [0.05, 0.1) is 6.04 Å². The van der Waals surface area contributed by atoms with Crippen molar-refractivity contribution in [2.24, 2.45) is 5.92 Å². The molecule has 2 fully saturated rings. The molecule has 0 amide bonds. The Kier molecular flexibility index (Phi) is 4.63. The maximum atomic E-state index is 12.5. The number of hydrogen-bond donors (Lipinski definition) is 2. The summed E-state index contributed by atoms with van der Waals surface area (Å²) < 4.78 is 6.54. The van der Waals surface area contributed by atoms with Crippen molar-refractivity contribution in [1.29, 1.82) is 0 Å². The topological polar surface area (TPSA) is 89.0 Å². The first-order chi connectivity index (χ1) is 12.6. The van der Waals surface area contributed by atoms with E-state index in [1.807, 2.05) is 6.07 Å². The van der Waals surface area contributed by atoms with E-state index < -0.39 is 11.4 Å². The number of aromatic amines is 1. The molecule has 4 rings (SSSR count). The molecule has 7 heteroatoms. The molecule has 1 saturated carbocycles. The maximum absolute atomic E-state index is 12.5. The van der Waals surface area contributed by atoms with Crippen LogP contribution in [-0.2, 0) is 4.74 Å². The lowest BCUT2D eigenvalue weighted by Gasteiger charge is -2.23. The Bertz CT molecular complexity index is 863. The normalized spacial score (nSPS) is 19.3. The second-order valence-corrected chi connectivity index (χ2v) is 7.26. The summed E-state index contributed by atoms with van der Waals surface area (Å²) in [6.45, 7) is 3.18. The molecular weight excluding hydrogens is 332 g/mol. The highest BCUT2D eigenvalue weighted by Crippen LogP contribution is 2.42. The highest BCUT2D eigenvalue weighted by atomic mass is 16.5. The summed E-state index contributed by atoms with van der Waals surface area (Å²) in [5, 5.41) is 3.29. The van der Waals surface area contributed by atoms with Gasteiger partial charge in [0, 0.05) is 19.3 Å². The third-order valence-electron chi connectivity index (χ3n) is 5.20. The first-order valence-electron chi connectivity index (χ1n) is 9.25. The number of nitrogens with zero attached hydrogens (tertiary/aromatic N) is 2. The summed E-state index contributed by atoms with van der Waals surface area (Å²) in [6.07, 6.45) is 3.58. The van der Waals surface area contributed by atoms with Gasteiger partial charge in [-0.15, -0.1) is 0 Å². The Morgan fingerprint density at radius 1 is 1.23 bits per heavy atom. The molecule has 7 nitrogen and oxygen atoms in total. The van der Waals surface area contributed by atoms with Crippen molar-refractivity contribution in [2.45, 2.75) is 44.7 Å². The van der Waals surface area contributed by atoms with Crippen molar-refractivity contribution in [3.63, 3.8) is 0 Å². The van der Waals surface area contributed by atoms with Gasteiger partial charge in [0.1, 0.15) is 0 Å². The highest BCUT2D eigenvalue weighted by Gasteiger charge is 2.33. The van der Waals surface area contributed by atoms with E-state index in [1.165, 1.54) is 10.1 Å². The van der Waals surface area contributed by atoms with E-state index in [0.717, 1.165) is 18.4 Å². The molecule has 2 N–H and O–H groups in total. The lowest BCUT2D eigenvalue weighted by atomic mass is 10.0. The number of aryl methyl sites for hydroxylation is 1. The molecule has 1 aliphatic heterocycles. The van der Waals surface area contributed by atoms with Crippen LogP contribution in [0.25, 0.3) is 0 Å². The van der Waals surface area contributed by atoms with Crippen LogP contribution < -0.4 is 16.7 Å². The zero-order valence-corrected chi connectivity index (χ0v) is 14.9. The summed E-state index contributed by atoms with van der Waals surface area (Å²) in [4.78, 5) is 31.8. The van der Waals surface area contributed by atoms with E-state index in [0.29, 0.717) is 32.0 Å². The van der Waals surface area contributed by atoms with Crippen LogP contribution in [0.2, 0.25) is 0 Å². The average molecular weight is 356 g/mol. The number of benzene rings is 1. The molecule has 0 bridgehead atoms. The number of nitrogens with one attached hydrogen (secondary N) is 2. The summed E-state index contributed by atoms with van der Waals surface area (Å²) in [7, 11) is 0. The van der Waals surface area contributed by atoms with Crippen LogP contribution in [0.5, 0.6) is 0 Å². The standard InChI is InChI=1S/C19H24N4O3/c1-12-3-2-4-14(11-12)16(13-5-6-13)20-17-21-18(24)23(19(25)22-17)15-7-9-26-10-8-15/h2-4,11,13,15-16H,5-10H2,1H3,(H2,20,21,22,24,25)/t16-/m0/s1. The molecule has 1 atom stereocenters. The van der Waals surface area contributed by atoms with Gasteiger partial charge in [0.2, 0.25) is 5.95 Å². The number of hydrogen-bond acceptors (Lipinski definition) is 5. The van der Waals surface area contributed by atoms with Crippen molar-refractivity contribution in [1.82, 2.24) is 14.5 Å². The Hall–Kier alpha value is -2.41. The van der Waals surface area contributed by atoms with Gasteiger partial charge in [0.25, 0.3) is 0 Å². The summed E-state index contributed by atoms with van der Waals surface area (Å²) in [6, 6.07) is 8.21. The molecule has 2 aliphatic rings. The lowest BCUT2D eigenvalue weighted by molar-refractivity contribution is 0.0670. The summed E-state index contributed by atoms with van der Waals surface area (Å²) in [5.41, 5.74) is 1.44. The SMILES string of the molecule is Cc1cccc([C@@H](Nc2nc(=O)n(C3CCOCC3)c(=O)[nH]2)C2CC2)c1. The van der Waals surface area contributed by atoms with Crippen molar-refractivity contribution < 1.29 is 4.74 Å². The molecule has 26 heavy (non-hydrogen) atoms. The fourth-order valence-corrected chi connectivity index (χ4v) is 3.67. The van der Waals surface area contributed by atoms with E-state index in [9.17, 15) is 9.59 Å². The molecule has 2 heterocycles. The predicted octanol–water partition coefficient (Wildman–Crippen LogP) is 2.15. The predicted molar refractivity (Wildman–Crippen MR) is 98.5 cm³/mol. The maximum Gasteiger partial charge on any atom is 0.355 e. The van der Waals surface area contributed by atoms with E-state index in [1.54, 1.807) is 0 Å². The molecule has 1 saturated heterocycles. The number of rotatable bonds is 5. The highest BCUT2D eigenvalue weighted by molar-refractivity contribution is 5.34. The minimum atomic E-state index is -0.498. The van der Waals surface area contributed by atoms with Crippen molar-refractivity contribution in [2.75, 3.05) is 18.5 Å². The van der Waals surface area contributed by atoms with E-state index in [4.69, 9.17) is 4.74 Å². The Morgan fingerprint density at radius 2 is 2.00 bits per heavy atom. The van der Waals surface area contributed by atoms with E-state index >= 15 is 0 Å². The first-order valence-corrected chi connectivity index (χ1v) is 9.25. The summed E-state index contributed by atoms with van der Waals surface area (Å²) in [5.74, 6) is 0.752. The first kappa shape index (κ1) is 17.0. The molecule has 0 unspecified atom stereocenters. The molecule has 2 aromatic rings. The van der Waals surface area contributed by atoms with Crippen LogP contribution in [0.1, 0.15) is 48.9 Å². The minimum Gasteiger partial charge on any atom is -0.381 e. The molecule has 138 valence electrons. The van der Waals surface area contributed by atoms with Crippen LogP contribution in [-0.4, -0.2) is 27.7 Å². The van der Waals surface area contributed by atoms with Gasteiger partial charge in [-0.1, -0.05) is 29.8 Å². The van der Waals surface area contributed by atoms with Crippen LogP contribution in [0.3, 0.4) is 0 Å². The van der Waals surface area contributed by atoms with E-state index in [2.05, 4.69) is 40.4 Å². The quantitative estimate of drug-likeness (QED) is 0.857. The number of aromatic nitrogens is 3. The molecular formula is C19H24N4O3. The molecule has 1 aliphatic carbocycles. The second kappa shape index (κ2) is 7.07. The minimum absolute atomic E-state index is 0.0522. The monoisotopic (exact) mass is 356 g/mol. The number of anilines is 1. The average Bonchev–Trinajstić information content (AvgIpc) is 3.45. The lowest BCUT2D eigenvalue weighted by Crippen LogP contribution is -2.42. The number of H-pyrrole nitrogens is 1. The zero-order valence-electron chi connectivity index (χ0n) is 14.9. The van der Waals surface area contributed by atoms with Crippen LogP contribution >= 0.6 is 0 Å². The Balaban J connectivity index is 1.61. The van der Waals surface area contributed by atoms with Gasteiger partial charge in [-0.25, -0.2) is 14.2 Å². The second-order valence-electron chi connectivity index (χ2n) is 7.26. The van der Waals surface area contributed by atoms with Gasteiger partial charge in [-0.3, -0.25) is 4.98 Å². The Labute approximate surface area is 151 Å². The Morgan fingerprint density at radius 3 is 2.65 bits per heavy atom. The van der Waals surface area contributed by atoms with Gasteiger partial charge >= 0.3 is 11.4 Å². The van der Waals surface area contributed by atoms with Crippen LogP contribution in [0, 0.1) is 12.8 Å². The van der Waals surface area contributed by atoms with Crippen LogP contribution in [0.15, 0.2) is 33.9 Å². The van der Waals surface area contributed by atoms with Gasteiger partial charge in [0.15, 0.2) is 0 Å². The van der Waals surface area contributed by atoms with Gasteiger partial charge < -0.3 is 10.1 Å². The van der Waals surface area contributed by atoms with Gasteiger partial charge in [-0.2, -0.15) is 4.98 Å². The largest absolute Gasteiger partial charge is 0.381 e. The number of ether oxygens (including phenoxy) is 1. The molecule has 1 aromatic carbocycles. The third-order valence-corrected chi connectivity index (χ3v) is 5.20. The van der Waals surface area contributed by atoms with Crippen molar-refractivity contribution >= 4 is 5.95 Å². The third kappa shape index (κ3) is 3.58.